The van der Waals surface area contributed by atoms with E-state index in [2.05, 4.69) is 29.5 Å². The van der Waals surface area contributed by atoms with Crippen molar-refractivity contribution in [3.05, 3.63) is 36.0 Å². The summed E-state index contributed by atoms with van der Waals surface area (Å²) in [5.41, 5.74) is 1.84. The maximum Gasteiger partial charge on any atom is 0.336 e. The Morgan fingerprint density at radius 2 is 1.96 bits per heavy atom. The number of hydrogen-bond donors (Lipinski definition) is 4. The number of aromatic amines is 1. The number of fused-ring (bicyclic) bond motifs is 1. The highest BCUT2D eigenvalue weighted by Gasteiger charge is 2.51. The molecule has 2 amide bonds. The van der Waals surface area contributed by atoms with Crippen LogP contribution < -0.4 is 10.6 Å². The summed E-state index contributed by atoms with van der Waals surface area (Å²) >= 11 is 0. The lowest BCUT2D eigenvalue weighted by Crippen LogP contribution is -2.49. The largest absolute Gasteiger partial charge is 0.479 e. The number of nitrogens with one attached hydrogen (secondary N) is 3. The van der Waals surface area contributed by atoms with Gasteiger partial charge in [-0.2, -0.15) is 0 Å². The van der Waals surface area contributed by atoms with Crippen LogP contribution >= 0.6 is 0 Å². The molecule has 8 heteroatoms. The molecule has 150 valence electrons. The normalized spacial score (nSPS) is 19.4. The van der Waals surface area contributed by atoms with Crippen molar-refractivity contribution in [2.24, 2.45) is 5.92 Å². The Labute approximate surface area is 162 Å². The van der Waals surface area contributed by atoms with Gasteiger partial charge in [0.15, 0.2) is 12.2 Å². The van der Waals surface area contributed by atoms with Crippen LogP contribution in [-0.4, -0.2) is 52.7 Å². The molecule has 8 nitrogen and oxygen atoms in total. The maximum atomic E-state index is 12.7. The molecule has 0 aliphatic carbocycles. The van der Waals surface area contributed by atoms with E-state index in [1.165, 1.54) is 0 Å². The van der Waals surface area contributed by atoms with E-state index < -0.39 is 30.1 Å². The van der Waals surface area contributed by atoms with Gasteiger partial charge < -0.3 is 25.5 Å². The molecular formula is C20H25N3O5. The first-order valence-electron chi connectivity index (χ1n) is 9.38. The smallest absolute Gasteiger partial charge is 0.336 e. The molecule has 0 unspecified atom stereocenters. The number of benzene rings is 1. The number of amides is 2. The van der Waals surface area contributed by atoms with Gasteiger partial charge in [-0.3, -0.25) is 9.59 Å². The van der Waals surface area contributed by atoms with Crippen LogP contribution in [0.2, 0.25) is 0 Å². The number of carbonyl (C=O) groups is 3. The molecule has 1 aromatic heterocycles. The zero-order valence-electron chi connectivity index (χ0n) is 15.9. The first-order chi connectivity index (χ1) is 13.4. The van der Waals surface area contributed by atoms with Crippen molar-refractivity contribution in [3.63, 3.8) is 0 Å². The first-order valence-corrected chi connectivity index (χ1v) is 9.38. The minimum absolute atomic E-state index is 0.285. The molecular weight excluding hydrogens is 362 g/mol. The van der Waals surface area contributed by atoms with Crippen molar-refractivity contribution in [1.82, 2.24) is 15.6 Å². The molecule has 1 fully saturated rings. The number of para-hydroxylation sites is 1. The average molecular weight is 387 g/mol. The Hall–Kier alpha value is -2.87. The molecule has 1 saturated heterocycles. The van der Waals surface area contributed by atoms with E-state index in [0.717, 1.165) is 22.9 Å². The minimum atomic E-state index is -1.19. The number of aliphatic carboxylic acids is 1. The van der Waals surface area contributed by atoms with Gasteiger partial charge in [-0.05, 0) is 24.0 Å². The second-order valence-corrected chi connectivity index (χ2v) is 7.41. The van der Waals surface area contributed by atoms with Crippen LogP contribution in [0.1, 0.15) is 25.8 Å². The van der Waals surface area contributed by atoms with Gasteiger partial charge in [0.05, 0.1) is 0 Å². The van der Waals surface area contributed by atoms with Crippen LogP contribution in [0.3, 0.4) is 0 Å². The SMILES string of the molecule is CC(C)CCNC(=O)[C@H](Cc1c[nH]c2ccccc12)NC(=O)[C@H]1O[C@@H]1C(=O)O. The number of rotatable bonds is 9. The lowest BCUT2D eigenvalue weighted by atomic mass is 10.0. The fraction of sp³-hybridized carbons (Fsp3) is 0.450. The van der Waals surface area contributed by atoms with E-state index in [1.54, 1.807) is 0 Å². The van der Waals surface area contributed by atoms with Gasteiger partial charge in [0.2, 0.25) is 5.91 Å². The molecule has 4 N–H and O–H groups in total. The number of epoxide rings is 1. The number of hydrogen-bond acceptors (Lipinski definition) is 4. The summed E-state index contributed by atoms with van der Waals surface area (Å²) in [6.07, 6.45) is 0.739. The molecule has 1 aliphatic heterocycles. The number of ether oxygens (including phenoxy) is 1. The molecule has 0 saturated carbocycles. The first kappa shape index (κ1) is 19.9. The van der Waals surface area contributed by atoms with Crippen LogP contribution in [0, 0.1) is 5.92 Å². The third kappa shape index (κ3) is 4.69. The van der Waals surface area contributed by atoms with Crippen LogP contribution in [0.25, 0.3) is 10.9 Å². The average Bonchev–Trinajstić information content (AvgIpc) is 3.37. The standard InChI is InChI=1S/C20H25N3O5/c1-11(2)7-8-21-18(24)15(23-19(25)16-17(28-16)20(26)27)9-12-10-22-14-6-4-3-5-13(12)14/h3-6,10-11,15-17,22H,7-9H2,1-2H3,(H,21,24)(H,23,25)(H,26,27)/t15-,16-,17-/m0/s1. The van der Waals surface area contributed by atoms with E-state index >= 15 is 0 Å². The van der Waals surface area contributed by atoms with Gasteiger partial charge in [-0.1, -0.05) is 32.0 Å². The summed E-state index contributed by atoms with van der Waals surface area (Å²) in [5, 5.41) is 15.4. The van der Waals surface area contributed by atoms with E-state index in [1.807, 2.05) is 30.5 Å². The van der Waals surface area contributed by atoms with E-state index in [9.17, 15) is 14.4 Å². The zero-order chi connectivity index (χ0) is 20.3. The number of carboxylic acids is 1. The van der Waals surface area contributed by atoms with Gasteiger partial charge in [0.1, 0.15) is 6.04 Å². The Kier molecular flexibility index (Phi) is 5.99. The summed E-state index contributed by atoms with van der Waals surface area (Å²) in [5.74, 6) is -1.63. The lowest BCUT2D eigenvalue weighted by Gasteiger charge is -2.18. The summed E-state index contributed by atoms with van der Waals surface area (Å²) in [7, 11) is 0. The monoisotopic (exact) mass is 387 g/mol. The van der Waals surface area contributed by atoms with E-state index in [4.69, 9.17) is 9.84 Å². The third-order valence-corrected chi connectivity index (χ3v) is 4.75. The summed E-state index contributed by atoms with van der Waals surface area (Å²) in [4.78, 5) is 39.1. The van der Waals surface area contributed by atoms with E-state index in [-0.39, 0.29) is 12.3 Å². The number of carboxylic acid groups (broad SMARTS) is 1. The fourth-order valence-corrected chi connectivity index (χ4v) is 3.09. The molecule has 28 heavy (non-hydrogen) atoms. The van der Waals surface area contributed by atoms with Crippen molar-refractivity contribution in [1.29, 1.82) is 0 Å². The molecule has 2 aromatic rings. The zero-order valence-corrected chi connectivity index (χ0v) is 15.9. The number of H-pyrrole nitrogens is 1. The van der Waals surface area contributed by atoms with Crippen molar-refractivity contribution >= 4 is 28.7 Å². The predicted octanol–water partition coefficient (Wildman–Crippen LogP) is 1.21. The molecule has 0 bridgehead atoms. The molecule has 3 atom stereocenters. The highest BCUT2D eigenvalue weighted by atomic mass is 16.6. The van der Waals surface area contributed by atoms with Crippen molar-refractivity contribution in [3.8, 4) is 0 Å². The molecule has 0 radical (unpaired) electrons. The van der Waals surface area contributed by atoms with Gasteiger partial charge in [0.25, 0.3) is 5.91 Å². The van der Waals surface area contributed by atoms with Crippen LogP contribution in [0.5, 0.6) is 0 Å². The molecule has 0 spiro atoms. The van der Waals surface area contributed by atoms with Gasteiger partial charge >= 0.3 is 5.97 Å². The lowest BCUT2D eigenvalue weighted by molar-refractivity contribution is -0.138. The highest BCUT2D eigenvalue weighted by molar-refractivity contribution is 5.95. The topological polar surface area (TPSA) is 124 Å². The van der Waals surface area contributed by atoms with Crippen molar-refractivity contribution in [2.75, 3.05) is 6.54 Å². The quantitative estimate of drug-likeness (QED) is 0.482. The van der Waals surface area contributed by atoms with Gasteiger partial charge in [-0.25, -0.2) is 4.79 Å². The molecule has 1 aromatic carbocycles. The second kappa shape index (κ2) is 8.43. The van der Waals surface area contributed by atoms with Crippen LogP contribution in [0.15, 0.2) is 30.5 Å². The van der Waals surface area contributed by atoms with Gasteiger partial charge in [-0.15, -0.1) is 0 Å². The Bertz CT molecular complexity index is 876. The Morgan fingerprint density at radius 3 is 2.64 bits per heavy atom. The number of aromatic nitrogens is 1. The second-order valence-electron chi connectivity index (χ2n) is 7.41. The minimum Gasteiger partial charge on any atom is -0.479 e. The maximum absolute atomic E-state index is 12.7. The predicted molar refractivity (Wildman–Crippen MR) is 103 cm³/mol. The van der Waals surface area contributed by atoms with Crippen molar-refractivity contribution < 1.29 is 24.2 Å². The summed E-state index contributed by atoms with van der Waals surface area (Å²) in [6.45, 7) is 4.64. The fourth-order valence-electron chi connectivity index (χ4n) is 3.09. The van der Waals surface area contributed by atoms with Crippen LogP contribution in [-0.2, 0) is 25.5 Å². The Morgan fingerprint density at radius 1 is 1.21 bits per heavy atom. The Balaban J connectivity index is 1.71. The summed E-state index contributed by atoms with van der Waals surface area (Å²) in [6, 6.07) is 6.88. The molecule has 3 rings (SSSR count). The highest BCUT2D eigenvalue weighted by Crippen LogP contribution is 2.23. The van der Waals surface area contributed by atoms with E-state index in [0.29, 0.717) is 12.5 Å². The molecule has 2 heterocycles. The third-order valence-electron chi connectivity index (χ3n) is 4.75. The summed E-state index contributed by atoms with van der Waals surface area (Å²) < 4.78 is 4.89. The molecule has 1 aliphatic rings. The van der Waals surface area contributed by atoms with Gasteiger partial charge in [0, 0.05) is 30.1 Å². The van der Waals surface area contributed by atoms with Crippen LogP contribution in [0.4, 0.5) is 0 Å². The number of carbonyl (C=O) groups excluding carboxylic acids is 2. The van der Waals surface area contributed by atoms with Crippen molar-refractivity contribution in [2.45, 2.75) is 44.9 Å².